The van der Waals surface area contributed by atoms with Crippen LogP contribution in [0.2, 0.25) is 0 Å². The molecule has 0 aliphatic carbocycles. The van der Waals surface area contributed by atoms with Crippen molar-refractivity contribution in [1.29, 1.82) is 0 Å². The summed E-state index contributed by atoms with van der Waals surface area (Å²) in [6, 6.07) is 0. The van der Waals surface area contributed by atoms with Crippen molar-refractivity contribution in [3.8, 4) is 0 Å². The van der Waals surface area contributed by atoms with Crippen molar-refractivity contribution >= 4 is 0 Å². The van der Waals surface area contributed by atoms with Crippen molar-refractivity contribution in [3.05, 3.63) is 0 Å². The summed E-state index contributed by atoms with van der Waals surface area (Å²) in [5.41, 5.74) is 0.404. The highest BCUT2D eigenvalue weighted by Crippen LogP contribution is 2.42. The molecule has 2 fully saturated rings. The van der Waals surface area contributed by atoms with Crippen molar-refractivity contribution in [1.82, 2.24) is 4.90 Å². The predicted molar refractivity (Wildman–Crippen MR) is 63.0 cm³/mol. The molecule has 0 bridgehead atoms. The Bertz CT molecular complexity index is 233. The molecule has 0 spiro atoms. The van der Waals surface area contributed by atoms with Crippen molar-refractivity contribution in [2.45, 2.75) is 58.1 Å². The Labute approximate surface area is 94.0 Å². The van der Waals surface area contributed by atoms with E-state index in [0.29, 0.717) is 5.54 Å². The largest absolute Gasteiger partial charge is 0.374 e. The van der Waals surface area contributed by atoms with E-state index in [1.165, 1.54) is 32.4 Å². The zero-order chi connectivity index (χ0) is 11.1. The Kier molecular flexibility index (Phi) is 2.85. The molecule has 0 saturated carbocycles. The number of ether oxygens (including phenoxy) is 1. The van der Waals surface area contributed by atoms with Gasteiger partial charge in [-0.2, -0.15) is 0 Å². The van der Waals surface area contributed by atoms with Gasteiger partial charge in [0.25, 0.3) is 0 Å². The zero-order valence-corrected chi connectivity index (χ0v) is 10.7. The summed E-state index contributed by atoms with van der Waals surface area (Å²) in [6.07, 6.45) is 4.04. The van der Waals surface area contributed by atoms with Crippen LogP contribution in [0.3, 0.4) is 0 Å². The van der Waals surface area contributed by atoms with E-state index in [1.807, 2.05) is 0 Å². The molecular weight excluding hydrogens is 186 g/mol. The van der Waals surface area contributed by atoms with Crippen LogP contribution in [-0.4, -0.2) is 35.7 Å². The molecule has 0 aromatic rings. The third-order valence-electron chi connectivity index (χ3n) is 3.78. The van der Waals surface area contributed by atoms with E-state index < -0.39 is 0 Å². The van der Waals surface area contributed by atoms with Crippen molar-refractivity contribution in [2.24, 2.45) is 5.92 Å². The second-order valence-corrected chi connectivity index (χ2v) is 6.48. The maximum Gasteiger partial charge on any atom is 0.0657 e. The maximum absolute atomic E-state index is 6.02. The van der Waals surface area contributed by atoms with E-state index in [0.717, 1.165) is 12.5 Å². The van der Waals surface area contributed by atoms with Gasteiger partial charge in [0.05, 0.1) is 12.2 Å². The van der Waals surface area contributed by atoms with Crippen LogP contribution in [0.4, 0.5) is 0 Å². The van der Waals surface area contributed by atoms with Crippen LogP contribution in [0, 0.1) is 5.92 Å². The lowest BCUT2D eigenvalue weighted by molar-refractivity contribution is -0.0524. The summed E-state index contributed by atoms with van der Waals surface area (Å²) >= 11 is 0. The monoisotopic (exact) mass is 211 g/mol. The molecule has 0 radical (unpaired) electrons. The molecule has 15 heavy (non-hydrogen) atoms. The van der Waals surface area contributed by atoms with Gasteiger partial charge in [0.1, 0.15) is 0 Å². The number of nitrogens with zero attached hydrogens (tertiary/aromatic N) is 1. The first-order valence-electron chi connectivity index (χ1n) is 6.30. The second kappa shape index (κ2) is 3.74. The van der Waals surface area contributed by atoms with E-state index in [1.54, 1.807) is 0 Å². The smallest absolute Gasteiger partial charge is 0.0657 e. The number of fused-ring (bicyclic) bond motifs is 1. The minimum absolute atomic E-state index is 0.00877. The molecule has 0 N–H and O–H groups in total. The van der Waals surface area contributed by atoms with E-state index in [2.05, 4.69) is 32.6 Å². The minimum atomic E-state index is 0.00877. The lowest BCUT2D eigenvalue weighted by Gasteiger charge is -2.34. The Balaban J connectivity index is 1.99. The molecule has 2 atom stereocenters. The highest BCUT2D eigenvalue weighted by Gasteiger charge is 2.47. The lowest BCUT2D eigenvalue weighted by Crippen LogP contribution is -2.44. The molecule has 0 aromatic heterocycles. The van der Waals surface area contributed by atoms with Gasteiger partial charge in [-0.05, 0) is 52.5 Å². The quantitative estimate of drug-likeness (QED) is 0.696. The average Bonchev–Trinajstić information content (AvgIpc) is 2.55. The number of rotatable bonds is 2. The fraction of sp³-hybridized carbons (Fsp3) is 1.00. The van der Waals surface area contributed by atoms with Gasteiger partial charge in [-0.1, -0.05) is 6.92 Å². The summed E-state index contributed by atoms with van der Waals surface area (Å²) < 4.78 is 6.02. The number of hydrogen-bond donors (Lipinski definition) is 0. The molecule has 2 nitrogen and oxygen atoms in total. The molecule has 2 aliphatic heterocycles. The normalized spacial score (nSPS) is 37.2. The van der Waals surface area contributed by atoms with Gasteiger partial charge in [-0.15, -0.1) is 0 Å². The van der Waals surface area contributed by atoms with Gasteiger partial charge in [-0.3, -0.25) is 4.90 Å². The van der Waals surface area contributed by atoms with Crippen molar-refractivity contribution in [2.75, 3.05) is 19.7 Å². The summed E-state index contributed by atoms with van der Waals surface area (Å²) in [5.74, 6) is 0.855. The summed E-state index contributed by atoms with van der Waals surface area (Å²) in [6.45, 7) is 12.3. The van der Waals surface area contributed by atoms with Gasteiger partial charge in [0.15, 0.2) is 0 Å². The molecule has 2 heterocycles. The highest BCUT2D eigenvalue weighted by atomic mass is 16.5. The molecular formula is C13H25NO. The SMILES string of the molecule is C[C@@H]1CN2CCC[C@@]2(COC(C)(C)C)C1. The minimum Gasteiger partial charge on any atom is -0.374 e. The van der Waals surface area contributed by atoms with Crippen molar-refractivity contribution in [3.63, 3.8) is 0 Å². The first kappa shape index (κ1) is 11.4. The average molecular weight is 211 g/mol. The molecule has 0 unspecified atom stereocenters. The molecule has 2 heteroatoms. The Morgan fingerprint density at radius 2 is 2.13 bits per heavy atom. The summed E-state index contributed by atoms with van der Waals surface area (Å²) in [7, 11) is 0. The predicted octanol–water partition coefficient (Wildman–Crippen LogP) is 2.68. The molecule has 88 valence electrons. The Morgan fingerprint density at radius 3 is 2.80 bits per heavy atom. The van der Waals surface area contributed by atoms with Crippen LogP contribution < -0.4 is 0 Å². The van der Waals surface area contributed by atoms with Gasteiger partial charge in [-0.25, -0.2) is 0 Å². The summed E-state index contributed by atoms with van der Waals surface area (Å²) in [4.78, 5) is 2.67. The fourth-order valence-electron chi connectivity index (χ4n) is 3.17. The standard InChI is InChI=1S/C13H25NO/c1-11-8-13(10-15-12(2,3)4)6-5-7-14(13)9-11/h11H,5-10H2,1-4H3/t11-,13-/m0/s1. The number of hydrogen-bond acceptors (Lipinski definition) is 2. The van der Waals surface area contributed by atoms with Gasteiger partial charge in [0, 0.05) is 12.1 Å². The highest BCUT2D eigenvalue weighted by molar-refractivity contribution is 5.02. The van der Waals surface area contributed by atoms with Crippen molar-refractivity contribution < 1.29 is 4.74 Å². The maximum atomic E-state index is 6.02. The molecule has 0 amide bonds. The molecule has 2 aliphatic rings. The van der Waals surface area contributed by atoms with Gasteiger partial charge in [0.2, 0.25) is 0 Å². The van der Waals surface area contributed by atoms with Gasteiger partial charge >= 0.3 is 0 Å². The Hall–Kier alpha value is -0.0800. The summed E-state index contributed by atoms with van der Waals surface area (Å²) in [5, 5.41) is 0. The molecule has 0 aromatic carbocycles. The fourth-order valence-corrected chi connectivity index (χ4v) is 3.17. The van der Waals surface area contributed by atoms with Crippen LogP contribution in [0.25, 0.3) is 0 Å². The zero-order valence-electron chi connectivity index (χ0n) is 10.7. The van der Waals surface area contributed by atoms with Crippen LogP contribution in [0.5, 0.6) is 0 Å². The second-order valence-electron chi connectivity index (χ2n) is 6.48. The van der Waals surface area contributed by atoms with Crippen LogP contribution >= 0.6 is 0 Å². The molecule has 2 rings (SSSR count). The van der Waals surface area contributed by atoms with Gasteiger partial charge < -0.3 is 4.74 Å². The van der Waals surface area contributed by atoms with Crippen LogP contribution in [0.1, 0.15) is 47.0 Å². The molecule has 2 saturated heterocycles. The van der Waals surface area contributed by atoms with Crippen LogP contribution in [-0.2, 0) is 4.74 Å². The first-order valence-corrected chi connectivity index (χ1v) is 6.30. The third-order valence-corrected chi connectivity index (χ3v) is 3.78. The van der Waals surface area contributed by atoms with E-state index in [9.17, 15) is 0 Å². The topological polar surface area (TPSA) is 12.5 Å². The third kappa shape index (κ3) is 2.36. The van der Waals surface area contributed by atoms with E-state index in [-0.39, 0.29) is 5.60 Å². The van der Waals surface area contributed by atoms with E-state index >= 15 is 0 Å². The van der Waals surface area contributed by atoms with Crippen LogP contribution in [0.15, 0.2) is 0 Å². The lowest BCUT2D eigenvalue weighted by atomic mass is 9.91. The first-order chi connectivity index (χ1) is 6.91. The van der Waals surface area contributed by atoms with E-state index in [4.69, 9.17) is 4.74 Å². The Morgan fingerprint density at radius 1 is 1.40 bits per heavy atom.